The summed E-state index contributed by atoms with van der Waals surface area (Å²) in [6.45, 7) is 7.77. The summed E-state index contributed by atoms with van der Waals surface area (Å²) in [7, 11) is -1.94. The van der Waals surface area contributed by atoms with E-state index in [9.17, 15) is 12.8 Å². The Morgan fingerprint density at radius 2 is 1.92 bits per heavy atom. The van der Waals surface area contributed by atoms with Crippen LogP contribution in [0.2, 0.25) is 0 Å². The number of aromatic nitrogens is 3. The Morgan fingerprint density at radius 3 is 2.61 bits per heavy atom. The topological polar surface area (TPSA) is 116 Å². The molecule has 1 N–H and O–H groups in total. The first kappa shape index (κ1) is 25.6. The van der Waals surface area contributed by atoms with Gasteiger partial charge in [-0.15, -0.1) is 5.10 Å². The van der Waals surface area contributed by atoms with E-state index >= 15 is 0 Å². The van der Waals surface area contributed by atoms with Crippen LogP contribution in [0.15, 0.2) is 47.4 Å². The molecule has 4 rings (SSSR count). The third-order valence-corrected chi connectivity index (χ3v) is 7.58. The number of hydrogen-bond acceptors (Lipinski definition) is 8. The van der Waals surface area contributed by atoms with E-state index < -0.39 is 21.9 Å². The normalized spacial score (nSPS) is 15.5. The molecule has 0 spiro atoms. The summed E-state index contributed by atoms with van der Waals surface area (Å²) in [5.74, 6) is 0.172. The van der Waals surface area contributed by atoms with Gasteiger partial charge in [0.25, 0.3) is 0 Å². The van der Waals surface area contributed by atoms with Gasteiger partial charge in [-0.1, -0.05) is 11.2 Å². The number of benzene rings is 2. The minimum absolute atomic E-state index is 0.216. The molecule has 0 amide bonds. The van der Waals surface area contributed by atoms with E-state index in [1.54, 1.807) is 17.6 Å². The Labute approximate surface area is 210 Å². The zero-order chi connectivity index (χ0) is 25.9. The van der Waals surface area contributed by atoms with Crippen molar-refractivity contribution in [2.45, 2.75) is 31.3 Å². The first-order chi connectivity index (χ1) is 17.2. The summed E-state index contributed by atoms with van der Waals surface area (Å²) in [6.07, 6.45) is 0. The summed E-state index contributed by atoms with van der Waals surface area (Å²) in [6, 6.07) is 11.9. The number of likely N-dealkylation sites (N-methyl/N-ethyl adjacent to an activating group) is 1. The predicted molar refractivity (Wildman–Crippen MR) is 132 cm³/mol. The predicted octanol–water partition coefficient (Wildman–Crippen LogP) is 2.89. The molecule has 190 valence electrons. The fourth-order valence-electron chi connectivity index (χ4n) is 4.02. The number of sulfonamides is 1. The SMILES string of the molecule is CCn1c(Oc2cccc(N3CCN(C)CC3)c2)nnc1[C@@H](C)NS(=O)(=O)c1ccc(F)c(C#N)c1. The van der Waals surface area contributed by atoms with Crippen molar-refractivity contribution in [2.24, 2.45) is 0 Å². The highest BCUT2D eigenvalue weighted by Crippen LogP contribution is 2.28. The summed E-state index contributed by atoms with van der Waals surface area (Å²) in [4.78, 5) is 4.37. The van der Waals surface area contributed by atoms with E-state index in [-0.39, 0.29) is 16.5 Å². The summed E-state index contributed by atoms with van der Waals surface area (Å²) in [5, 5.41) is 17.3. The Bertz CT molecular complexity index is 1380. The van der Waals surface area contributed by atoms with Gasteiger partial charge in [0.15, 0.2) is 5.82 Å². The van der Waals surface area contributed by atoms with Crippen LogP contribution >= 0.6 is 0 Å². The average molecular weight is 514 g/mol. The Balaban J connectivity index is 1.52. The van der Waals surface area contributed by atoms with E-state index in [0.717, 1.165) is 50.1 Å². The van der Waals surface area contributed by atoms with Gasteiger partial charge in [-0.2, -0.15) is 5.26 Å². The molecule has 2 aromatic carbocycles. The van der Waals surface area contributed by atoms with Crippen LogP contribution in [-0.2, 0) is 16.6 Å². The second-order valence-electron chi connectivity index (χ2n) is 8.57. The van der Waals surface area contributed by atoms with Crippen LogP contribution in [0.25, 0.3) is 0 Å². The molecule has 2 heterocycles. The van der Waals surface area contributed by atoms with E-state index in [2.05, 4.69) is 31.8 Å². The molecule has 1 aliphatic rings. The van der Waals surface area contributed by atoms with Gasteiger partial charge < -0.3 is 14.5 Å². The van der Waals surface area contributed by atoms with Crippen molar-refractivity contribution in [1.82, 2.24) is 24.4 Å². The summed E-state index contributed by atoms with van der Waals surface area (Å²) >= 11 is 0. The van der Waals surface area contributed by atoms with Crippen molar-refractivity contribution in [3.05, 3.63) is 59.7 Å². The molecule has 1 fully saturated rings. The van der Waals surface area contributed by atoms with Gasteiger partial charge >= 0.3 is 6.01 Å². The lowest BCUT2D eigenvalue weighted by molar-refractivity contribution is 0.312. The zero-order valence-electron chi connectivity index (χ0n) is 20.3. The van der Waals surface area contributed by atoms with Crippen LogP contribution < -0.4 is 14.4 Å². The summed E-state index contributed by atoms with van der Waals surface area (Å²) in [5.41, 5.74) is 0.706. The second-order valence-corrected chi connectivity index (χ2v) is 10.3. The molecule has 10 nitrogen and oxygen atoms in total. The van der Waals surface area contributed by atoms with Crippen LogP contribution in [0.3, 0.4) is 0 Å². The number of piperazine rings is 1. The Kier molecular flexibility index (Phi) is 7.53. The number of ether oxygens (including phenoxy) is 1. The highest BCUT2D eigenvalue weighted by atomic mass is 32.2. The smallest absolute Gasteiger partial charge is 0.322 e. The molecule has 1 aromatic heterocycles. The van der Waals surface area contributed by atoms with Crippen molar-refractivity contribution >= 4 is 15.7 Å². The van der Waals surface area contributed by atoms with E-state index in [0.29, 0.717) is 18.1 Å². The number of halogens is 1. The average Bonchev–Trinajstić information content (AvgIpc) is 3.27. The minimum atomic E-state index is -4.05. The van der Waals surface area contributed by atoms with E-state index in [1.807, 2.05) is 31.2 Å². The highest BCUT2D eigenvalue weighted by Gasteiger charge is 2.25. The molecular formula is C24H28FN7O3S. The molecule has 0 unspecified atom stereocenters. The largest absolute Gasteiger partial charge is 0.424 e. The van der Waals surface area contributed by atoms with Crippen molar-refractivity contribution < 1.29 is 17.5 Å². The summed E-state index contributed by atoms with van der Waals surface area (Å²) < 4.78 is 49.6. The van der Waals surface area contributed by atoms with Crippen LogP contribution in [-0.4, -0.2) is 61.3 Å². The number of nitrogens with zero attached hydrogens (tertiary/aromatic N) is 6. The number of hydrogen-bond donors (Lipinski definition) is 1. The van der Waals surface area contributed by atoms with Crippen molar-refractivity contribution in [2.75, 3.05) is 38.1 Å². The number of nitrogens with one attached hydrogen (secondary N) is 1. The van der Waals surface area contributed by atoms with Crippen molar-refractivity contribution in [1.29, 1.82) is 5.26 Å². The first-order valence-corrected chi connectivity index (χ1v) is 13.1. The van der Waals surface area contributed by atoms with E-state index in [4.69, 9.17) is 10.00 Å². The molecule has 0 radical (unpaired) electrons. The minimum Gasteiger partial charge on any atom is -0.424 e. The molecule has 0 bridgehead atoms. The maximum atomic E-state index is 13.6. The third kappa shape index (κ3) is 5.48. The number of nitriles is 1. The van der Waals surface area contributed by atoms with Gasteiger partial charge in [-0.25, -0.2) is 17.5 Å². The lowest BCUT2D eigenvalue weighted by Crippen LogP contribution is -2.44. The molecule has 12 heteroatoms. The molecule has 3 aromatic rings. The van der Waals surface area contributed by atoms with Crippen molar-refractivity contribution in [3.63, 3.8) is 0 Å². The van der Waals surface area contributed by atoms with Crippen LogP contribution in [0.1, 0.15) is 31.3 Å². The van der Waals surface area contributed by atoms with Gasteiger partial charge in [-0.3, -0.25) is 4.57 Å². The van der Waals surface area contributed by atoms with Gasteiger partial charge in [0.2, 0.25) is 10.0 Å². The number of anilines is 1. The Morgan fingerprint density at radius 1 is 1.17 bits per heavy atom. The Hall–Kier alpha value is -3.53. The molecule has 36 heavy (non-hydrogen) atoms. The zero-order valence-corrected chi connectivity index (χ0v) is 21.2. The molecule has 0 aliphatic carbocycles. The third-order valence-electron chi connectivity index (χ3n) is 6.04. The van der Waals surface area contributed by atoms with Crippen LogP contribution in [0.5, 0.6) is 11.8 Å². The first-order valence-electron chi connectivity index (χ1n) is 11.6. The lowest BCUT2D eigenvalue weighted by atomic mass is 10.2. The van der Waals surface area contributed by atoms with E-state index in [1.165, 1.54) is 0 Å². The molecule has 0 saturated carbocycles. The van der Waals surface area contributed by atoms with Crippen molar-refractivity contribution in [3.8, 4) is 17.8 Å². The molecule has 1 atom stereocenters. The van der Waals surface area contributed by atoms with Crippen LogP contribution in [0.4, 0.5) is 10.1 Å². The fraction of sp³-hybridized carbons (Fsp3) is 0.375. The maximum absolute atomic E-state index is 13.6. The van der Waals surface area contributed by atoms with Crippen LogP contribution in [0, 0.1) is 17.1 Å². The standard InChI is InChI=1S/C24H28FN7O3S/c1-4-32-23(17(2)29-36(33,34)21-8-9-22(25)18(14-21)16-26)27-28-24(32)35-20-7-5-6-19(15-20)31-12-10-30(3)11-13-31/h5-9,14-15,17,29H,4,10-13H2,1-3H3/t17-/m1/s1. The highest BCUT2D eigenvalue weighted by molar-refractivity contribution is 7.89. The van der Waals surface area contributed by atoms with Gasteiger partial charge in [0.05, 0.1) is 16.5 Å². The van der Waals surface area contributed by atoms with Gasteiger partial charge in [-0.05, 0) is 51.2 Å². The quantitative estimate of drug-likeness (QED) is 0.489. The van der Waals surface area contributed by atoms with Gasteiger partial charge in [0, 0.05) is 44.5 Å². The van der Waals surface area contributed by atoms with Gasteiger partial charge in [0.1, 0.15) is 17.6 Å². The molecular weight excluding hydrogens is 485 g/mol. The molecule has 1 saturated heterocycles. The molecule has 1 aliphatic heterocycles. The lowest BCUT2D eigenvalue weighted by Gasteiger charge is -2.34. The fourth-order valence-corrected chi connectivity index (χ4v) is 5.24. The maximum Gasteiger partial charge on any atom is 0.322 e. The second kappa shape index (κ2) is 10.6. The monoisotopic (exact) mass is 513 g/mol. The number of rotatable bonds is 8.